The highest BCUT2D eigenvalue weighted by molar-refractivity contribution is 7.90. The molecule has 0 spiro atoms. The molecule has 1 N–H and O–H groups in total. The van der Waals surface area contributed by atoms with E-state index in [9.17, 15) is 21.6 Å². The summed E-state index contributed by atoms with van der Waals surface area (Å²) in [6.07, 6.45) is 1.96. The number of hydrogen-bond donors (Lipinski definition) is 1. The maximum atomic E-state index is 12.9. The number of amides is 1. The number of nitrogens with zero attached hydrogens (tertiary/aromatic N) is 1. The molecule has 1 aliphatic heterocycles. The first-order chi connectivity index (χ1) is 15.3. The van der Waals surface area contributed by atoms with Crippen molar-refractivity contribution in [3.8, 4) is 5.75 Å². The largest absolute Gasteiger partial charge is 0.478 e. The van der Waals surface area contributed by atoms with Gasteiger partial charge in [0.2, 0.25) is 10.0 Å². The Labute approximate surface area is 199 Å². The van der Waals surface area contributed by atoms with Gasteiger partial charge in [-0.15, -0.1) is 0 Å². The molecule has 1 aliphatic rings. The van der Waals surface area contributed by atoms with Crippen molar-refractivity contribution in [1.29, 1.82) is 0 Å². The predicted octanol–water partition coefficient (Wildman–Crippen LogP) is 2.87. The van der Waals surface area contributed by atoms with Crippen molar-refractivity contribution in [3.63, 3.8) is 0 Å². The van der Waals surface area contributed by atoms with Crippen LogP contribution >= 0.6 is 11.6 Å². The molecule has 1 heterocycles. The number of carbonyl (C=O) groups excluding carboxylic acids is 1. The molecule has 0 saturated carbocycles. The molecule has 2 aromatic rings. The Hall–Kier alpha value is -2.14. The van der Waals surface area contributed by atoms with Gasteiger partial charge in [-0.05, 0) is 75.2 Å². The number of carbonyl (C=O) groups is 1. The zero-order valence-corrected chi connectivity index (χ0v) is 21.0. The second-order valence-electron chi connectivity index (χ2n) is 8.46. The third-order valence-electron chi connectivity index (χ3n) is 5.41. The molecule has 1 amide bonds. The molecule has 0 aromatic heterocycles. The Bertz CT molecular complexity index is 1200. The van der Waals surface area contributed by atoms with Crippen LogP contribution in [0, 0.1) is 0 Å². The van der Waals surface area contributed by atoms with E-state index in [1.165, 1.54) is 28.6 Å². The smallest absolute Gasteiger partial charge is 0.263 e. The molecule has 8 nitrogen and oxygen atoms in total. The van der Waals surface area contributed by atoms with Crippen LogP contribution < -0.4 is 10.1 Å². The number of piperidine rings is 1. The Balaban J connectivity index is 1.58. The highest BCUT2D eigenvalue weighted by Gasteiger charge is 2.34. The summed E-state index contributed by atoms with van der Waals surface area (Å²) >= 11 is 5.88. The zero-order valence-electron chi connectivity index (χ0n) is 18.6. The second kappa shape index (κ2) is 9.61. The molecule has 11 heteroatoms. The number of sulfonamides is 1. The van der Waals surface area contributed by atoms with Crippen LogP contribution in [0.2, 0.25) is 5.02 Å². The molecule has 0 unspecified atom stereocenters. The summed E-state index contributed by atoms with van der Waals surface area (Å²) < 4.78 is 56.2. The molecule has 1 saturated heterocycles. The summed E-state index contributed by atoms with van der Waals surface area (Å²) in [6.45, 7) is 3.80. The first kappa shape index (κ1) is 25.5. The van der Waals surface area contributed by atoms with Crippen LogP contribution in [0.25, 0.3) is 0 Å². The van der Waals surface area contributed by atoms with E-state index >= 15 is 0 Å². The minimum absolute atomic E-state index is 0.0369. The maximum absolute atomic E-state index is 12.9. The number of ether oxygens (including phenoxy) is 1. The standard InChI is InChI=1S/C22H27ClN2O6S2/c1-22(2,31-18-6-4-16(23)5-7-18)21(26)24-17-12-14-25(15-13-17)33(29,30)20-10-8-19(9-11-20)32(3,27)28/h4-11,17H,12-15H2,1-3H3,(H,24,26). The lowest BCUT2D eigenvalue weighted by Crippen LogP contribution is -2.53. The Kier molecular flexibility index (Phi) is 7.42. The van der Waals surface area contributed by atoms with Gasteiger partial charge in [0.25, 0.3) is 5.91 Å². The van der Waals surface area contributed by atoms with Crippen LogP contribution in [-0.2, 0) is 24.7 Å². The van der Waals surface area contributed by atoms with Gasteiger partial charge < -0.3 is 10.1 Å². The van der Waals surface area contributed by atoms with E-state index in [-0.39, 0.29) is 34.8 Å². The van der Waals surface area contributed by atoms with Crippen molar-refractivity contribution >= 4 is 37.4 Å². The fourth-order valence-electron chi connectivity index (χ4n) is 3.45. The third-order valence-corrected chi connectivity index (χ3v) is 8.71. The average Bonchev–Trinajstić information content (AvgIpc) is 2.75. The van der Waals surface area contributed by atoms with E-state index < -0.39 is 25.5 Å². The molecule has 0 atom stereocenters. The summed E-state index contributed by atoms with van der Waals surface area (Å²) in [4.78, 5) is 12.9. The van der Waals surface area contributed by atoms with Crippen molar-refractivity contribution in [2.75, 3.05) is 19.3 Å². The highest BCUT2D eigenvalue weighted by atomic mass is 35.5. The Morgan fingerprint density at radius 3 is 2.00 bits per heavy atom. The van der Waals surface area contributed by atoms with Gasteiger partial charge in [-0.1, -0.05) is 11.6 Å². The Morgan fingerprint density at radius 1 is 0.970 bits per heavy atom. The minimum Gasteiger partial charge on any atom is -0.478 e. The van der Waals surface area contributed by atoms with Crippen LogP contribution in [0.3, 0.4) is 0 Å². The summed E-state index contributed by atoms with van der Waals surface area (Å²) in [7, 11) is -7.17. The first-order valence-electron chi connectivity index (χ1n) is 10.3. The van der Waals surface area contributed by atoms with Gasteiger partial charge in [0.1, 0.15) is 5.75 Å². The number of sulfone groups is 1. The SMILES string of the molecule is CC(C)(Oc1ccc(Cl)cc1)C(=O)NC1CCN(S(=O)(=O)c2ccc(S(C)(=O)=O)cc2)CC1. The van der Waals surface area contributed by atoms with E-state index in [4.69, 9.17) is 16.3 Å². The van der Waals surface area contributed by atoms with E-state index in [0.717, 1.165) is 6.26 Å². The van der Waals surface area contributed by atoms with Gasteiger partial charge in [0.05, 0.1) is 9.79 Å². The van der Waals surface area contributed by atoms with Crippen LogP contribution in [0.4, 0.5) is 0 Å². The van der Waals surface area contributed by atoms with Crippen molar-refractivity contribution < 1.29 is 26.4 Å². The van der Waals surface area contributed by atoms with E-state index in [2.05, 4.69) is 5.32 Å². The fourth-order valence-corrected chi connectivity index (χ4v) is 5.68. The van der Waals surface area contributed by atoms with Crippen molar-refractivity contribution in [1.82, 2.24) is 9.62 Å². The number of nitrogens with one attached hydrogen (secondary N) is 1. The van der Waals surface area contributed by atoms with Gasteiger partial charge in [-0.25, -0.2) is 16.8 Å². The lowest BCUT2D eigenvalue weighted by Gasteiger charge is -2.34. The number of halogens is 1. The molecule has 0 bridgehead atoms. The van der Waals surface area contributed by atoms with Crippen molar-refractivity contribution in [2.45, 2.75) is 48.1 Å². The van der Waals surface area contributed by atoms with Gasteiger partial charge in [0.15, 0.2) is 15.4 Å². The maximum Gasteiger partial charge on any atom is 0.263 e. The zero-order chi connectivity index (χ0) is 24.4. The van der Waals surface area contributed by atoms with Crippen molar-refractivity contribution in [3.05, 3.63) is 53.6 Å². The minimum atomic E-state index is -3.76. The molecule has 0 radical (unpaired) electrons. The quantitative estimate of drug-likeness (QED) is 0.608. The fraction of sp³-hybridized carbons (Fsp3) is 0.409. The molecular weight excluding hydrogens is 488 g/mol. The van der Waals surface area contributed by atoms with Gasteiger partial charge in [0, 0.05) is 30.4 Å². The number of rotatable bonds is 7. The van der Waals surface area contributed by atoms with Gasteiger partial charge in [-0.2, -0.15) is 4.31 Å². The average molecular weight is 515 g/mol. The van der Waals surface area contributed by atoms with Crippen molar-refractivity contribution in [2.24, 2.45) is 0 Å². The van der Waals surface area contributed by atoms with Crippen LogP contribution in [0.5, 0.6) is 5.75 Å². The third kappa shape index (κ3) is 6.26. The summed E-state index contributed by atoms with van der Waals surface area (Å²) in [5.41, 5.74) is -1.13. The number of hydrogen-bond acceptors (Lipinski definition) is 6. The Morgan fingerprint density at radius 2 is 1.48 bits per heavy atom. The summed E-state index contributed by atoms with van der Waals surface area (Å²) in [5, 5.41) is 3.52. The first-order valence-corrected chi connectivity index (χ1v) is 14.1. The predicted molar refractivity (Wildman–Crippen MR) is 126 cm³/mol. The normalized spacial score (nSPS) is 16.4. The van der Waals surface area contributed by atoms with Crippen LogP contribution in [0.15, 0.2) is 58.3 Å². The topological polar surface area (TPSA) is 110 Å². The second-order valence-corrected chi connectivity index (χ2v) is 12.9. The highest BCUT2D eigenvalue weighted by Crippen LogP contribution is 2.24. The van der Waals surface area contributed by atoms with E-state index in [1.54, 1.807) is 38.1 Å². The summed E-state index contributed by atoms with van der Waals surface area (Å²) in [6, 6.07) is 11.7. The van der Waals surface area contributed by atoms with E-state index in [0.29, 0.717) is 23.6 Å². The van der Waals surface area contributed by atoms with Crippen LogP contribution in [-0.4, -0.2) is 58.0 Å². The number of benzene rings is 2. The summed E-state index contributed by atoms with van der Waals surface area (Å²) in [5.74, 6) is 0.220. The molecular formula is C22H27ClN2O6S2. The molecule has 0 aliphatic carbocycles. The molecule has 1 fully saturated rings. The molecule has 3 rings (SSSR count). The molecule has 2 aromatic carbocycles. The lowest BCUT2D eigenvalue weighted by molar-refractivity contribution is -0.135. The molecule has 33 heavy (non-hydrogen) atoms. The van der Waals surface area contributed by atoms with Gasteiger partial charge >= 0.3 is 0 Å². The molecule has 180 valence electrons. The lowest BCUT2D eigenvalue weighted by atomic mass is 10.0. The monoisotopic (exact) mass is 514 g/mol. The van der Waals surface area contributed by atoms with Crippen LogP contribution in [0.1, 0.15) is 26.7 Å². The van der Waals surface area contributed by atoms with E-state index in [1.807, 2.05) is 0 Å². The van der Waals surface area contributed by atoms with Gasteiger partial charge in [-0.3, -0.25) is 4.79 Å².